The third kappa shape index (κ3) is 5.35. The van der Waals surface area contributed by atoms with Gasteiger partial charge >= 0.3 is 0 Å². The standard InChI is InChI=1S/C16H31N3/c1-5-11-17-14(6-2)10-9-12-19-16(8-4)13-15(7-3)18-19/h13-14,17H,5-12H2,1-4H3. The summed E-state index contributed by atoms with van der Waals surface area (Å²) >= 11 is 0. The molecule has 3 heteroatoms. The van der Waals surface area contributed by atoms with Gasteiger partial charge in [-0.2, -0.15) is 5.10 Å². The molecule has 0 saturated carbocycles. The molecule has 19 heavy (non-hydrogen) atoms. The van der Waals surface area contributed by atoms with Crippen molar-refractivity contribution in [2.75, 3.05) is 6.54 Å². The van der Waals surface area contributed by atoms with Crippen molar-refractivity contribution in [3.63, 3.8) is 0 Å². The lowest BCUT2D eigenvalue weighted by molar-refractivity contribution is 0.427. The molecule has 3 nitrogen and oxygen atoms in total. The van der Waals surface area contributed by atoms with Crippen molar-refractivity contribution >= 4 is 0 Å². The van der Waals surface area contributed by atoms with Gasteiger partial charge in [0.2, 0.25) is 0 Å². The van der Waals surface area contributed by atoms with Crippen molar-refractivity contribution in [1.29, 1.82) is 0 Å². The van der Waals surface area contributed by atoms with E-state index in [2.05, 4.69) is 48.9 Å². The van der Waals surface area contributed by atoms with Crippen molar-refractivity contribution in [2.45, 2.75) is 78.8 Å². The van der Waals surface area contributed by atoms with Crippen LogP contribution in [0.25, 0.3) is 0 Å². The molecule has 0 amide bonds. The predicted octanol–water partition coefficient (Wildman–Crippen LogP) is 3.57. The Kier molecular flexibility index (Phi) is 7.80. The summed E-state index contributed by atoms with van der Waals surface area (Å²) in [5, 5.41) is 8.30. The molecule has 0 saturated heterocycles. The van der Waals surface area contributed by atoms with E-state index in [9.17, 15) is 0 Å². The van der Waals surface area contributed by atoms with Crippen molar-refractivity contribution < 1.29 is 0 Å². The first kappa shape index (κ1) is 16.2. The molecule has 1 unspecified atom stereocenters. The Morgan fingerprint density at radius 1 is 1.21 bits per heavy atom. The van der Waals surface area contributed by atoms with E-state index in [1.54, 1.807) is 0 Å². The van der Waals surface area contributed by atoms with Crippen LogP contribution in [0, 0.1) is 0 Å². The molecule has 1 heterocycles. The molecule has 0 bridgehead atoms. The quantitative estimate of drug-likeness (QED) is 0.701. The van der Waals surface area contributed by atoms with Gasteiger partial charge in [-0.25, -0.2) is 0 Å². The van der Waals surface area contributed by atoms with Crippen LogP contribution >= 0.6 is 0 Å². The predicted molar refractivity (Wildman–Crippen MR) is 82.6 cm³/mol. The van der Waals surface area contributed by atoms with Gasteiger partial charge in [-0.05, 0) is 51.1 Å². The highest BCUT2D eigenvalue weighted by molar-refractivity contribution is 5.10. The highest BCUT2D eigenvalue weighted by Gasteiger charge is 2.07. The topological polar surface area (TPSA) is 29.9 Å². The first-order valence-electron chi connectivity index (χ1n) is 8.04. The molecule has 0 spiro atoms. The summed E-state index contributed by atoms with van der Waals surface area (Å²) in [6.45, 7) is 11.1. The second-order valence-corrected chi connectivity index (χ2v) is 5.26. The fourth-order valence-electron chi connectivity index (χ4n) is 2.45. The molecular formula is C16H31N3. The Bertz CT molecular complexity index is 344. The van der Waals surface area contributed by atoms with Gasteiger partial charge in [0.05, 0.1) is 5.69 Å². The number of nitrogens with one attached hydrogen (secondary N) is 1. The van der Waals surface area contributed by atoms with Gasteiger partial charge in [-0.15, -0.1) is 0 Å². The average molecular weight is 265 g/mol. The first-order valence-corrected chi connectivity index (χ1v) is 8.04. The zero-order valence-electron chi connectivity index (χ0n) is 13.2. The lowest BCUT2D eigenvalue weighted by Gasteiger charge is -2.16. The summed E-state index contributed by atoms with van der Waals surface area (Å²) in [6, 6.07) is 2.93. The Morgan fingerprint density at radius 3 is 2.58 bits per heavy atom. The van der Waals surface area contributed by atoms with Gasteiger partial charge in [0.1, 0.15) is 0 Å². The van der Waals surface area contributed by atoms with E-state index in [-0.39, 0.29) is 0 Å². The normalized spacial score (nSPS) is 12.8. The maximum absolute atomic E-state index is 4.68. The van der Waals surface area contributed by atoms with E-state index in [1.165, 1.54) is 37.1 Å². The Hall–Kier alpha value is -0.830. The summed E-state index contributed by atoms with van der Waals surface area (Å²) < 4.78 is 2.21. The van der Waals surface area contributed by atoms with Crippen molar-refractivity contribution in [1.82, 2.24) is 15.1 Å². The summed E-state index contributed by atoms with van der Waals surface area (Å²) in [5.74, 6) is 0. The highest BCUT2D eigenvalue weighted by atomic mass is 15.3. The number of hydrogen-bond acceptors (Lipinski definition) is 2. The average Bonchev–Trinajstić information content (AvgIpc) is 2.85. The van der Waals surface area contributed by atoms with Crippen LogP contribution in [0.3, 0.4) is 0 Å². The first-order chi connectivity index (χ1) is 9.24. The van der Waals surface area contributed by atoms with E-state index >= 15 is 0 Å². The molecule has 1 rings (SSSR count). The second-order valence-electron chi connectivity index (χ2n) is 5.26. The molecule has 1 aromatic rings. The third-order valence-electron chi connectivity index (χ3n) is 3.74. The molecule has 0 radical (unpaired) electrons. The van der Waals surface area contributed by atoms with Crippen LogP contribution in [-0.4, -0.2) is 22.4 Å². The van der Waals surface area contributed by atoms with Crippen LogP contribution in [0.4, 0.5) is 0 Å². The van der Waals surface area contributed by atoms with Gasteiger partial charge in [-0.3, -0.25) is 4.68 Å². The number of nitrogens with zero attached hydrogens (tertiary/aromatic N) is 2. The summed E-state index contributed by atoms with van der Waals surface area (Å²) in [7, 11) is 0. The number of aromatic nitrogens is 2. The molecule has 0 aliphatic carbocycles. The maximum atomic E-state index is 4.68. The summed E-state index contributed by atoms with van der Waals surface area (Å²) in [6.07, 6.45) is 7.03. The Balaban J connectivity index is 2.40. The van der Waals surface area contributed by atoms with Crippen LogP contribution in [0.5, 0.6) is 0 Å². The highest BCUT2D eigenvalue weighted by Crippen LogP contribution is 2.09. The van der Waals surface area contributed by atoms with Crippen LogP contribution < -0.4 is 5.32 Å². The SMILES string of the molecule is CCCNC(CC)CCCn1nc(CC)cc1CC. The van der Waals surface area contributed by atoms with E-state index < -0.39 is 0 Å². The molecule has 110 valence electrons. The van der Waals surface area contributed by atoms with Crippen LogP contribution in [0.2, 0.25) is 0 Å². The molecular weight excluding hydrogens is 234 g/mol. The van der Waals surface area contributed by atoms with Crippen molar-refractivity contribution in [3.8, 4) is 0 Å². The lowest BCUT2D eigenvalue weighted by Crippen LogP contribution is -2.29. The molecule has 0 aromatic carbocycles. The van der Waals surface area contributed by atoms with Crippen LogP contribution in [0.15, 0.2) is 6.07 Å². The molecule has 1 aromatic heterocycles. The minimum Gasteiger partial charge on any atom is -0.314 e. The lowest BCUT2D eigenvalue weighted by atomic mass is 10.1. The largest absolute Gasteiger partial charge is 0.314 e. The molecule has 0 fully saturated rings. The van der Waals surface area contributed by atoms with E-state index in [0.717, 1.165) is 25.9 Å². The van der Waals surface area contributed by atoms with Crippen molar-refractivity contribution in [3.05, 3.63) is 17.5 Å². The molecule has 0 aliphatic rings. The van der Waals surface area contributed by atoms with E-state index in [4.69, 9.17) is 0 Å². The van der Waals surface area contributed by atoms with Gasteiger partial charge in [0, 0.05) is 18.3 Å². The van der Waals surface area contributed by atoms with Crippen LogP contribution in [0.1, 0.15) is 64.8 Å². The fourth-order valence-corrected chi connectivity index (χ4v) is 2.45. The minimum atomic E-state index is 0.672. The Morgan fingerprint density at radius 2 is 2.00 bits per heavy atom. The summed E-state index contributed by atoms with van der Waals surface area (Å²) in [5.41, 5.74) is 2.61. The fraction of sp³-hybridized carbons (Fsp3) is 0.812. The number of aryl methyl sites for hydroxylation is 3. The number of hydrogen-bond donors (Lipinski definition) is 1. The van der Waals surface area contributed by atoms with Gasteiger partial charge in [0.15, 0.2) is 0 Å². The monoisotopic (exact) mass is 265 g/mol. The maximum Gasteiger partial charge on any atom is 0.0624 e. The molecule has 0 aliphatic heterocycles. The zero-order chi connectivity index (χ0) is 14.1. The minimum absolute atomic E-state index is 0.672. The van der Waals surface area contributed by atoms with Crippen molar-refractivity contribution in [2.24, 2.45) is 0 Å². The molecule has 1 N–H and O–H groups in total. The van der Waals surface area contributed by atoms with Crippen LogP contribution in [-0.2, 0) is 19.4 Å². The van der Waals surface area contributed by atoms with Gasteiger partial charge in [-0.1, -0.05) is 27.7 Å². The zero-order valence-corrected chi connectivity index (χ0v) is 13.2. The van der Waals surface area contributed by atoms with Gasteiger partial charge in [0.25, 0.3) is 0 Å². The smallest absolute Gasteiger partial charge is 0.0624 e. The molecule has 1 atom stereocenters. The number of rotatable bonds is 10. The van der Waals surface area contributed by atoms with E-state index in [0.29, 0.717) is 6.04 Å². The third-order valence-corrected chi connectivity index (χ3v) is 3.74. The Labute approximate surface area is 118 Å². The second kappa shape index (κ2) is 9.13. The van der Waals surface area contributed by atoms with Gasteiger partial charge < -0.3 is 5.32 Å². The summed E-state index contributed by atoms with van der Waals surface area (Å²) in [4.78, 5) is 0. The van der Waals surface area contributed by atoms with E-state index in [1.807, 2.05) is 0 Å².